The minimum Gasteiger partial charge on any atom is -0.302 e. The van der Waals surface area contributed by atoms with Crippen LogP contribution in [0, 0.1) is 0 Å². The maximum Gasteiger partial charge on any atom is 0.0344 e. The van der Waals surface area contributed by atoms with E-state index < -0.39 is 0 Å². The van der Waals surface area contributed by atoms with Crippen molar-refractivity contribution in [2.75, 3.05) is 14.1 Å². The molecule has 0 amide bonds. The zero-order valence-corrected chi connectivity index (χ0v) is 12.1. The van der Waals surface area contributed by atoms with Crippen LogP contribution in [0.3, 0.4) is 0 Å². The molecule has 1 nitrogen and oxygen atoms in total. The molecule has 0 fully saturated rings. The van der Waals surface area contributed by atoms with E-state index in [1.54, 1.807) is 0 Å². The molecular weight excluding hydrogens is 237 g/mol. The molecule has 94 valence electrons. The van der Waals surface area contributed by atoms with Crippen LogP contribution in [0.1, 0.15) is 6.92 Å². The van der Waals surface area contributed by atoms with Crippen molar-refractivity contribution < 1.29 is 0 Å². The molecule has 2 rings (SSSR count). The molecule has 1 unspecified atom stereocenters. The molecule has 2 heteroatoms. The lowest BCUT2D eigenvalue weighted by Crippen LogP contribution is -2.30. The van der Waals surface area contributed by atoms with Gasteiger partial charge in [0.05, 0.1) is 0 Å². The van der Waals surface area contributed by atoms with Gasteiger partial charge < -0.3 is 4.90 Å². The van der Waals surface area contributed by atoms with Gasteiger partial charge in [-0.3, -0.25) is 0 Å². The van der Waals surface area contributed by atoms with Gasteiger partial charge in [0.25, 0.3) is 0 Å². The van der Waals surface area contributed by atoms with Crippen molar-refractivity contribution in [3.63, 3.8) is 0 Å². The van der Waals surface area contributed by atoms with Crippen molar-refractivity contribution >= 4 is 18.5 Å². The molecule has 0 bridgehead atoms. The fraction of sp³-hybridized carbons (Fsp3) is 0.250. The first-order valence-corrected chi connectivity index (χ1v) is 7.67. The molecule has 0 aromatic heterocycles. The van der Waals surface area contributed by atoms with Crippen LogP contribution in [0.5, 0.6) is 0 Å². The lowest BCUT2D eigenvalue weighted by molar-refractivity contribution is 0.399. The molecule has 0 saturated carbocycles. The Morgan fingerprint density at radius 1 is 0.778 bits per heavy atom. The Morgan fingerprint density at radius 3 is 1.50 bits per heavy atom. The summed E-state index contributed by atoms with van der Waals surface area (Å²) in [4.78, 5) is 2.31. The molecule has 2 aromatic carbocycles. The Hall–Kier alpha value is -1.17. The third kappa shape index (κ3) is 2.98. The van der Waals surface area contributed by atoms with Crippen molar-refractivity contribution in [3.8, 4) is 0 Å². The van der Waals surface area contributed by atoms with Crippen LogP contribution < -0.4 is 10.6 Å². The fourth-order valence-electron chi connectivity index (χ4n) is 1.99. The fourth-order valence-corrected chi connectivity index (χ4v) is 4.60. The molecule has 0 aliphatic carbocycles. The minimum absolute atomic E-state index is 0.326. The van der Waals surface area contributed by atoms with E-state index >= 15 is 0 Å². The van der Waals surface area contributed by atoms with Crippen LogP contribution in [-0.2, 0) is 0 Å². The summed E-state index contributed by atoms with van der Waals surface area (Å²) in [6, 6.07) is 21.7. The van der Waals surface area contributed by atoms with Gasteiger partial charge in [-0.25, -0.2) is 0 Å². The summed E-state index contributed by atoms with van der Waals surface area (Å²) in [5, 5.41) is 2.89. The van der Waals surface area contributed by atoms with Gasteiger partial charge in [-0.05, 0) is 39.5 Å². The summed E-state index contributed by atoms with van der Waals surface area (Å²) in [7, 11) is 3.99. The molecule has 0 saturated heterocycles. The molecule has 0 N–H and O–H groups in total. The molecule has 0 aliphatic rings. The van der Waals surface area contributed by atoms with Gasteiger partial charge in [0.1, 0.15) is 0 Å². The highest BCUT2D eigenvalue weighted by molar-refractivity contribution is 7.73. The van der Waals surface area contributed by atoms with Crippen molar-refractivity contribution in [1.29, 1.82) is 0 Å². The van der Waals surface area contributed by atoms with E-state index in [2.05, 4.69) is 86.6 Å². The number of hydrogen-bond acceptors (Lipinski definition) is 1. The van der Waals surface area contributed by atoms with Gasteiger partial charge >= 0.3 is 0 Å². The number of hydrogen-bond donors (Lipinski definition) is 0. The van der Waals surface area contributed by atoms with E-state index in [-0.39, 0.29) is 7.92 Å². The highest BCUT2D eigenvalue weighted by atomic mass is 31.1. The van der Waals surface area contributed by atoms with E-state index in [0.29, 0.717) is 5.78 Å². The largest absolute Gasteiger partial charge is 0.302 e. The normalized spacial score (nSPS) is 12.9. The third-order valence-corrected chi connectivity index (χ3v) is 6.11. The molecule has 0 spiro atoms. The summed E-state index contributed by atoms with van der Waals surface area (Å²) in [6.45, 7) is 2.31. The summed E-state index contributed by atoms with van der Waals surface area (Å²) < 4.78 is 0. The summed E-state index contributed by atoms with van der Waals surface area (Å²) in [6.07, 6.45) is 0. The number of rotatable bonds is 4. The molecule has 0 aliphatic heterocycles. The van der Waals surface area contributed by atoms with Crippen LogP contribution in [0.25, 0.3) is 0 Å². The first kappa shape index (κ1) is 13.3. The monoisotopic (exact) mass is 257 g/mol. The van der Waals surface area contributed by atoms with Gasteiger partial charge in [-0.1, -0.05) is 60.7 Å². The Balaban J connectivity index is 2.42. The zero-order chi connectivity index (χ0) is 13.0. The van der Waals surface area contributed by atoms with E-state index in [0.717, 1.165) is 0 Å². The summed E-state index contributed by atoms with van der Waals surface area (Å²) in [5.74, 6) is 0.532. The zero-order valence-electron chi connectivity index (χ0n) is 11.2. The molecule has 0 heterocycles. The van der Waals surface area contributed by atoms with Crippen LogP contribution in [0.15, 0.2) is 60.7 Å². The SMILES string of the molecule is CC(N(C)C)P(c1ccccc1)c1ccccc1. The second-order valence-electron chi connectivity index (χ2n) is 4.64. The Kier molecular flexibility index (Phi) is 4.52. The van der Waals surface area contributed by atoms with Crippen LogP contribution >= 0.6 is 7.92 Å². The van der Waals surface area contributed by atoms with Crippen molar-refractivity contribution in [1.82, 2.24) is 4.90 Å². The van der Waals surface area contributed by atoms with Crippen LogP contribution in [0.4, 0.5) is 0 Å². The lowest BCUT2D eigenvalue weighted by Gasteiger charge is -2.30. The third-order valence-electron chi connectivity index (χ3n) is 3.19. The van der Waals surface area contributed by atoms with Crippen molar-refractivity contribution in [3.05, 3.63) is 60.7 Å². The number of nitrogens with zero attached hydrogens (tertiary/aromatic N) is 1. The molecule has 18 heavy (non-hydrogen) atoms. The molecule has 1 atom stereocenters. The lowest BCUT2D eigenvalue weighted by atomic mass is 10.4. The second kappa shape index (κ2) is 6.13. The highest BCUT2D eigenvalue weighted by Gasteiger charge is 2.21. The van der Waals surface area contributed by atoms with Gasteiger partial charge in [-0.2, -0.15) is 0 Å². The first-order chi connectivity index (χ1) is 8.70. The maximum atomic E-state index is 2.31. The van der Waals surface area contributed by atoms with Crippen molar-refractivity contribution in [2.45, 2.75) is 12.7 Å². The Morgan fingerprint density at radius 2 is 1.17 bits per heavy atom. The van der Waals surface area contributed by atoms with Gasteiger partial charge in [0, 0.05) is 5.78 Å². The minimum atomic E-state index is -0.326. The van der Waals surface area contributed by atoms with Crippen molar-refractivity contribution in [2.24, 2.45) is 0 Å². The Labute approximate surface area is 111 Å². The highest BCUT2D eigenvalue weighted by Crippen LogP contribution is 2.39. The first-order valence-electron chi connectivity index (χ1n) is 6.26. The topological polar surface area (TPSA) is 3.24 Å². The van der Waals surface area contributed by atoms with Gasteiger partial charge in [0.15, 0.2) is 0 Å². The molecule has 0 radical (unpaired) electrons. The summed E-state index contributed by atoms with van der Waals surface area (Å²) in [5.41, 5.74) is 0. The smallest absolute Gasteiger partial charge is 0.0344 e. The van der Waals surface area contributed by atoms with E-state index in [9.17, 15) is 0 Å². The van der Waals surface area contributed by atoms with E-state index in [4.69, 9.17) is 0 Å². The average Bonchev–Trinajstić information content (AvgIpc) is 2.41. The van der Waals surface area contributed by atoms with E-state index in [1.807, 2.05) is 0 Å². The number of benzene rings is 2. The maximum absolute atomic E-state index is 2.31. The van der Waals surface area contributed by atoms with Crippen LogP contribution in [0.2, 0.25) is 0 Å². The standard InChI is InChI=1S/C16H20NP/c1-14(17(2)3)18(15-10-6-4-7-11-15)16-12-8-5-9-13-16/h4-14H,1-3H3. The average molecular weight is 257 g/mol. The van der Waals surface area contributed by atoms with Crippen LogP contribution in [-0.4, -0.2) is 24.8 Å². The van der Waals surface area contributed by atoms with Gasteiger partial charge in [-0.15, -0.1) is 0 Å². The molecule has 2 aromatic rings. The molecular formula is C16H20NP. The van der Waals surface area contributed by atoms with E-state index in [1.165, 1.54) is 10.6 Å². The quantitative estimate of drug-likeness (QED) is 0.761. The summed E-state index contributed by atoms with van der Waals surface area (Å²) >= 11 is 0. The Bertz CT molecular complexity index is 427. The second-order valence-corrected chi connectivity index (χ2v) is 7.16. The predicted octanol–water partition coefficient (Wildman–Crippen LogP) is 3.03. The predicted molar refractivity (Wildman–Crippen MR) is 82.2 cm³/mol. The van der Waals surface area contributed by atoms with Gasteiger partial charge in [0.2, 0.25) is 0 Å².